The zero-order chi connectivity index (χ0) is 23.5. The quantitative estimate of drug-likeness (QED) is 0.357. The van der Waals surface area contributed by atoms with Crippen LogP contribution >= 0.6 is 23.2 Å². The molecule has 0 saturated carbocycles. The lowest BCUT2D eigenvalue weighted by Crippen LogP contribution is -2.54. The molecule has 172 valence electrons. The number of hydrogen-bond acceptors (Lipinski definition) is 4. The average Bonchev–Trinajstić information content (AvgIpc) is 2.75. The van der Waals surface area contributed by atoms with Crippen LogP contribution in [0.4, 0.5) is 0 Å². The lowest BCUT2D eigenvalue weighted by molar-refractivity contribution is -0.133. The summed E-state index contributed by atoms with van der Waals surface area (Å²) in [7, 11) is 0. The number of halogens is 2. The zero-order valence-corrected chi connectivity index (χ0v) is 19.5. The van der Waals surface area contributed by atoms with Crippen molar-refractivity contribution in [3.05, 3.63) is 64.1 Å². The first-order valence-corrected chi connectivity index (χ1v) is 11.0. The monoisotopic (exact) mass is 479 g/mol. The molecule has 0 heterocycles. The topological polar surface area (TPSA) is 96.5 Å². The summed E-state index contributed by atoms with van der Waals surface area (Å²) in [5, 5.41) is 3.62. The smallest absolute Gasteiger partial charge is 0.261 e. The summed E-state index contributed by atoms with van der Waals surface area (Å²) in [6.07, 6.45) is 0.724. The third kappa shape index (κ3) is 8.77. The molecule has 0 radical (unpaired) electrons. The van der Waals surface area contributed by atoms with Gasteiger partial charge in [0.25, 0.3) is 5.91 Å². The molecule has 2 rings (SSSR count). The molecule has 3 N–H and O–H groups in total. The van der Waals surface area contributed by atoms with Crippen molar-refractivity contribution in [2.24, 2.45) is 5.92 Å². The highest BCUT2D eigenvalue weighted by Crippen LogP contribution is 2.27. The Labute approximate surface area is 197 Å². The second kappa shape index (κ2) is 12.9. The first-order chi connectivity index (χ1) is 15.3. The molecule has 7 nitrogen and oxygen atoms in total. The molecular weight excluding hydrogens is 453 g/mol. The standard InChI is InChI=1S/C23H27Cl2N3O4/c1-15(2)22(26-21(30)13-16-7-4-3-5-8-16)23(31)28-27-20(29)9-6-12-32-19-11-10-17(24)14-18(19)25/h3-5,7-8,10-11,14-15,22H,6,9,12-13H2,1-2H3,(H,26,30)(H,27,29)(H,28,31)/t22-/m0/s1. The van der Waals surface area contributed by atoms with E-state index >= 15 is 0 Å². The van der Waals surface area contributed by atoms with Crippen LogP contribution in [0.3, 0.4) is 0 Å². The van der Waals surface area contributed by atoms with Gasteiger partial charge in [-0.15, -0.1) is 0 Å². The SMILES string of the molecule is CC(C)[C@H](NC(=O)Cc1ccccc1)C(=O)NNC(=O)CCCOc1ccc(Cl)cc1Cl. The van der Waals surface area contributed by atoms with Crippen molar-refractivity contribution in [1.82, 2.24) is 16.2 Å². The first kappa shape index (κ1) is 25.5. The van der Waals surface area contributed by atoms with Crippen LogP contribution in [-0.2, 0) is 20.8 Å². The number of hydrazine groups is 1. The van der Waals surface area contributed by atoms with Gasteiger partial charge in [0.1, 0.15) is 11.8 Å². The second-order valence-electron chi connectivity index (χ2n) is 7.52. The largest absolute Gasteiger partial charge is 0.492 e. The Balaban J connectivity index is 1.72. The number of carbonyl (C=O) groups excluding carboxylic acids is 3. The summed E-state index contributed by atoms with van der Waals surface area (Å²) in [5.41, 5.74) is 5.60. The number of hydrogen-bond donors (Lipinski definition) is 3. The van der Waals surface area contributed by atoms with E-state index in [1.165, 1.54) is 0 Å². The van der Waals surface area contributed by atoms with E-state index in [4.69, 9.17) is 27.9 Å². The lowest BCUT2D eigenvalue weighted by atomic mass is 10.0. The van der Waals surface area contributed by atoms with E-state index in [1.807, 2.05) is 44.2 Å². The fraction of sp³-hybridized carbons (Fsp3) is 0.348. The van der Waals surface area contributed by atoms with Crippen molar-refractivity contribution in [3.63, 3.8) is 0 Å². The van der Waals surface area contributed by atoms with E-state index in [1.54, 1.807) is 18.2 Å². The van der Waals surface area contributed by atoms with Crippen molar-refractivity contribution in [2.75, 3.05) is 6.61 Å². The summed E-state index contributed by atoms with van der Waals surface area (Å²) >= 11 is 11.9. The lowest BCUT2D eigenvalue weighted by Gasteiger charge is -2.22. The van der Waals surface area contributed by atoms with Crippen LogP contribution in [0.15, 0.2) is 48.5 Å². The summed E-state index contributed by atoms with van der Waals surface area (Å²) in [5.74, 6) is -0.810. The Bertz CT molecular complexity index is 923. The van der Waals surface area contributed by atoms with Crippen LogP contribution in [0.2, 0.25) is 10.0 Å². The van der Waals surface area contributed by atoms with E-state index in [0.717, 1.165) is 5.56 Å². The maximum absolute atomic E-state index is 12.5. The van der Waals surface area contributed by atoms with Gasteiger partial charge in [-0.3, -0.25) is 25.2 Å². The van der Waals surface area contributed by atoms with Gasteiger partial charge >= 0.3 is 0 Å². The molecule has 9 heteroatoms. The van der Waals surface area contributed by atoms with E-state index in [9.17, 15) is 14.4 Å². The summed E-state index contributed by atoms with van der Waals surface area (Å²) in [4.78, 5) is 36.8. The number of carbonyl (C=O) groups is 3. The van der Waals surface area contributed by atoms with E-state index < -0.39 is 11.9 Å². The molecule has 3 amide bonds. The Hall–Kier alpha value is -2.77. The van der Waals surface area contributed by atoms with Crippen molar-refractivity contribution < 1.29 is 19.1 Å². The molecule has 32 heavy (non-hydrogen) atoms. The predicted octanol–water partition coefficient (Wildman–Crippen LogP) is 3.68. The molecule has 0 aliphatic heterocycles. The molecule has 0 aliphatic rings. The summed E-state index contributed by atoms with van der Waals surface area (Å²) in [6.45, 7) is 3.90. The maximum Gasteiger partial charge on any atom is 0.261 e. The minimum Gasteiger partial charge on any atom is -0.492 e. The fourth-order valence-electron chi connectivity index (χ4n) is 2.82. The number of benzene rings is 2. The number of nitrogens with one attached hydrogen (secondary N) is 3. The third-order valence-electron chi connectivity index (χ3n) is 4.50. The molecule has 0 bridgehead atoms. The van der Waals surface area contributed by atoms with Crippen molar-refractivity contribution in [1.29, 1.82) is 0 Å². The maximum atomic E-state index is 12.5. The number of rotatable bonds is 10. The van der Waals surface area contributed by atoms with E-state index in [2.05, 4.69) is 16.2 Å². The molecule has 0 fully saturated rings. The van der Waals surface area contributed by atoms with Crippen molar-refractivity contribution in [3.8, 4) is 5.75 Å². The van der Waals surface area contributed by atoms with Gasteiger partial charge < -0.3 is 10.1 Å². The normalized spacial score (nSPS) is 11.5. The second-order valence-corrected chi connectivity index (χ2v) is 8.36. The summed E-state index contributed by atoms with van der Waals surface area (Å²) < 4.78 is 5.52. The zero-order valence-electron chi connectivity index (χ0n) is 18.0. The molecular formula is C23H27Cl2N3O4. The molecule has 0 aliphatic carbocycles. The molecule has 2 aromatic rings. The van der Waals surface area contributed by atoms with Crippen molar-refractivity contribution >= 4 is 40.9 Å². The molecule has 0 saturated heterocycles. The Morgan fingerprint density at radius 3 is 2.34 bits per heavy atom. The Kier molecular flexibility index (Phi) is 10.3. The van der Waals surface area contributed by atoms with E-state index in [-0.39, 0.29) is 37.2 Å². The van der Waals surface area contributed by atoms with Crippen LogP contribution in [-0.4, -0.2) is 30.4 Å². The average molecular weight is 480 g/mol. The van der Waals surface area contributed by atoms with E-state index in [0.29, 0.717) is 22.2 Å². The highest BCUT2D eigenvalue weighted by atomic mass is 35.5. The molecule has 0 spiro atoms. The first-order valence-electron chi connectivity index (χ1n) is 10.3. The van der Waals surface area contributed by atoms with Gasteiger partial charge in [0.2, 0.25) is 11.8 Å². The van der Waals surface area contributed by atoms with Crippen LogP contribution in [0, 0.1) is 5.92 Å². The van der Waals surface area contributed by atoms with Crippen LogP contribution in [0.1, 0.15) is 32.3 Å². The highest BCUT2D eigenvalue weighted by molar-refractivity contribution is 6.35. The fourth-order valence-corrected chi connectivity index (χ4v) is 3.28. The Morgan fingerprint density at radius 1 is 0.969 bits per heavy atom. The molecule has 2 aromatic carbocycles. The number of amides is 3. The molecule has 0 unspecified atom stereocenters. The van der Waals surface area contributed by atoms with Crippen LogP contribution in [0.5, 0.6) is 5.75 Å². The van der Waals surface area contributed by atoms with Crippen molar-refractivity contribution in [2.45, 2.75) is 39.2 Å². The molecule has 1 atom stereocenters. The van der Waals surface area contributed by atoms with Gasteiger partial charge in [-0.2, -0.15) is 0 Å². The third-order valence-corrected chi connectivity index (χ3v) is 5.03. The predicted molar refractivity (Wildman–Crippen MR) is 124 cm³/mol. The van der Waals surface area contributed by atoms with Gasteiger partial charge in [-0.25, -0.2) is 0 Å². The Morgan fingerprint density at radius 2 is 1.69 bits per heavy atom. The minimum absolute atomic E-state index is 0.137. The van der Waals surface area contributed by atoms with Gasteiger partial charge in [0, 0.05) is 11.4 Å². The summed E-state index contributed by atoms with van der Waals surface area (Å²) in [6, 6.07) is 13.4. The highest BCUT2D eigenvalue weighted by Gasteiger charge is 2.24. The molecule has 0 aromatic heterocycles. The van der Waals surface area contributed by atoms with Crippen LogP contribution in [0.25, 0.3) is 0 Å². The van der Waals surface area contributed by atoms with Gasteiger partial charge in [-0.1, -0.05) is 67.4 Å². The number of ether oxygens (including phenoxy) is 1. The van der Waals surface area contributed by atoms with Crippen LogP contribution < -0.4 is 20.9 Å². The van der Waals surface area contributed by atoms with Gasteiger partial charge in [0.05, 0.1) is 18.1 Å². The minimum atomic E-state index is -0.776. The van der Waals surface area contributed by atoms with Gasteiger partial charge in [0.15, 0.2) is 0 Å². The van der Waals surface area contributed by atoms with Gasteiger partial charge in [-0.05, 0) is 36.1 Å².